The maximum absolute atomic E-state index is 13.2. The van der Waals surface area contributed by atoms with Crippen LogP contribution in [0.2, 0.25) is 5.02 Å². The van der Waals surface area contributed by atoms with Crippen molar-refractivity contribution in [1.29, 1.82) is 0 Å². The lowest BCUT2D eigenvalue weighted by Crippen LogP contribution is -2.13. The number of amides is 1. The molecule has 132 valence electrons. The molecule has 0 radical (unpaired) electrons. The Morgan fingerprint density at radius 2 is 1.69 bits per heavy atom. The summed E-state index contributed by atoms with van der Waals surface area (Å²) in [6.45, 7) is 0.498. The first-order chi connectivity index (χ1) is 12.5. The Morgan fingerprint density at radius 1 is 1.00 bits per heavy atom. The summed E-state index contributed by atoms with van der Waals surface area (Å²) < 4.78 is 26.1. The number of hydrogen-bond donors (Lipinski definition) is 2. The Labute approximate surface area is 153 Å². The first kappa shape index (κ1) is 17.8. The summed E-state index contributed by atoms with van der Waals surface area (Å²) in [5.41, 5.74) is 1.32. The number of carbonyl (C=O) groups is 1. The third-order valence-corrected chi connectivity index (χ3v) is 3.71. The number of nitrogens with one attached hydrogen (secondary N) is 2. The molecule has 0 saturated heterocycles. The summed E-state index contributed by atoms with van der Waals surface area (Å²) in [7, 11) is 0. The zero-order chi connectivity index (χ0) is 18.5. The molecular formula is C18H13ClF2N4O. The van der Waals surface area contributed by atoms with Gasteiger partial charge in [-0.15, -0.1) is 0 Å². The standard InChI is InChI=1S/C18H13ClF2N4O/c19-13-3-1-11(2-4-13)8-22-18-23-9-12(10-24-18)17(26)25-14-5-6-15(20)16(21)7-14/h1-7,9-10H,8H2,(H,25,26)(H,22,23,24). The van der Waals surface area contributed by atoms with Crippen LogP contribution >= 0.6 is 11.6 Å². The van der Waals surface area contributed by atoms with Crippen LogP contribution in [0.5, 0.6) is 0 Å². The van der Waals surface area contributed by atoms with E-state index in [2.05, 4.69) is 20.6 Å². The number of rotatable bonds is 5. The summed E-state index contributed by atoms with van der Waals surface area (Å²) >= 11 is 5.83. The van der Waals surface area contributed by atoms with Gasteiger partial charge in [-0.05, 0) is 29.8 Å². The maximum atomic E-state index is 13.2. The van der Waals surface area contributed by atoms with E-state index in [4.69, 9.17) is 11.6 Å². The monoisotopic (exact) mass is 374 g/mol. The third-order valence-electron chi connectivity index (χ3n) is 3.46. The predicted molar refractivity (Wildman–Crippen MR) is 95.1 cm³/mol. The molecule has 0 spiro atoms. The maximum Gasteiger partial charge on any atom is 0.258 e. The lowest BCUT2D eigenvalue weighted by Gasteiger charge is -2.07. The smallest absolute Gasteiger partial charge is 0.258 e. The number of anilines is 2. The SMILES string of the molecule is O=C(Nc1ccc(F)c(F)c1)c1cnc(NCc2ccc(Cl)cc2)nc1. The molecule has 3 aromatic rings. The molecule has 2 N–H and O–H groups in total. The molecule has 0 aliphatic heterocycles. The lowest BCUT2D eigenvalue weighted by atomic mass is 10.2. The van der Waals surface area contributed by atoms with Gasteiger partial charge in [0.05, 0.1) is 5.56 Å². The molecule has 2 aromatic carbocycles. The minimum absolute atomic E-state index is 0.138. The fourth-order valence-electron chi connectivity index (χ4n) is 2.10. The van der Waals surface area contributed by atoms with Gasteiger partial charge in [-0.1, -0.05) is 23.7 Å². The first-order valence-electron chi connectivity index (χ1n) is 7.58. The van der Waals surface area contributed by atoms with Crippen molar-refractivity contribution in [3.05, 3.63) is 82.6 Å². The van der Waals surface area contributed by atoms with Crippen LogP contribution in [-0.4, -0.2) is 15.9 Å². The van der Waals surface area contributed by atoms with Gasteiger partial charge in [0.25, 0.3) is 5.91 Å². The fraction of sp³-hybridized carbons (Fsp3) is 0.0556. The molecule has 8 heteroatoms. The van der Waals surface area contributed by atoms with Crippen LogP contribution in [0.15, 0.2) is 54.9 Å². The second kappa shape index (κ2) is 7.88. The quantitative estimate of drug-likeness (QED) is 0.699. The highest BCUT2D eigenvalue weighted by atomic mass is 35.5. The van der Waals surface area contributed by atoms with E-state index in [1.54, 1.807) is 12.1 Å². The third kappa shape index (κ3) is 4.52. The lowest BCUT2D eigenvalue weighted by molar-refractivity contribution is 0.102. The highest BCUT2D eigenvalue weighted by molar-refractivity contribution is 6.30. The first-order valence-corrected chi connectivity index (χ1v) is 7.96. The predicted octanol–water partition coefficient (Wildman–Crippen LogP) is 4.27. The molecule has 1 amide bonds. The summed E-state index contributed by atoms with van der Waals surface area (Å²) in [4.78, 5) is 20.2. The summed E-state index contributed by atoms with van der Waals surface area (Å²) in [5, 5.41) is 6.13. The van der Waals surface area contributed by atoms with E-state index in [1.165, 1.54) is 18.5 Å². The van der Waals surface area contributed by atoms with E-state index in [1.807, 2.05) is 12.1 Å². The van der Waals surface area contributed by atoms with E-state index in [0.717, 1.165) is 17.7 Å². The molecule has 1 aromatic heterocycles. The number of carbonyl (C=O) groups excluding carboxylic acids is 1. The van der Waals surface area contributed by atoms with Crippen molar-refractivity contribution >= 4 is 29.1 Å². The normalized spacial score (nSPS) is 10.4. The van der Waals surface area contributed by atoms with Crippen LogP contribution in [0.3, 0.4) is 0 Å². The van der Waals surface area contributed by atoms with Crippen LogP contribution in [0.4, 0.5) is 20.4 Å². The minimum atomic E-state index is -1.04. The van der Waals surface area contributed by atoms with Gasteiger partial charge in [0.15, 0.2) is 11.6 Å². The van der Waals surface area contributed by atoms with Crippen molar-refractivity contribution < 1.29 is 13.6 Å². The number of aromatic nitrogens is 2. The zero-order valence-corrected chi connectivity index (χ0v) is 14.1. The number of hydrogen-bond acceptors (Lipinski definition) is 4. The topological polar surface area (TPSA) is 66.9 Å². The van der Waals surface area contributed by atoms with Crippen LogP contribution in [0, 0.1) is 11.6 Å². The molecular weight excluding hydrogens is 362 g/mol. The van der Waals surface area contributed by atoms with Crippen molar-refractivity contribution in [2.24, 2.45) is 0 Å². The Bertz CT molecular complexity index is 917. The van der Waals surface area contributed by atoms with Crippen LogP contribution in [0.25, 0.3) is 0 Å². The van der Waals surface area contributed by atoms with Crippen LogP contribution in [-0.2, 0) is 6.54 Å². The van der Waals surface area contributed by atoms with Gasteiger partial charge in [-0.2, -0.15) is 0 Å². The molecule has 1 heterocycles. The highest BCUT2D eigenvalue weighted by Crippen LogP contribution is 2.14. The van der Waals surface area contributed by atoms with Crippen molar-refractivity contribution in [1.82, 2.24) is 9.97 Å². The molecule has 0 aliphatic rings. The Kier molecular flexibility index (Phi) is 5.38. The molecule has 26 heavy (non-hydrogen) atoms. The molecule has 0 fully saturated rings. The van der Waals surface area contributed by atoms with Crippen molar-refractivity contribution in [3.8, 4) is 0 Å². The molecule has 0 atom stereocenters. The second-order valence-electron chi connectivity index (χ2n) is 5.36. The van der Waals surface area contributed by atoms with Gasteiger partial charge in [0, 0.05) is 35.7 Å². The summed E-state index contributed by atoms with van der Waals surface area (Å²) in [6.07, 6.45) is 2.68. The van der Waals surface area contributed by atoms with Gasteiger partial charge in [0.1, 0.15) is 0 Å². The van der Waals surface area contributed by atoms with Crippen LogP contribution < -0.4 is 10.6 Å². The van der Waals surface area contributed by atoms with Crippen molar-refractivity contribution in [2.75, 3.05) is 10.6 Å². The number of nitrogens with zero attached hydrogens (tertiary/aromatic N) is 2. The van der Waals surface area contributed by atoms with Gasteiger partial charge in [-0.3, -0.25) is 4.79 Å². The number of benzene rings is 2. The van der Waals surface area contributed by atoms with Gasteiger partial charge < -0.3 is 10.6 Å². The molecule has 5 nitrogen and oxygen atoms in total. The van der Waals surface area contributed by atoms with Gasteiger partial charge in [0.2, 0.25) is 5.95 Å². The number of halogens is 3. The van der Waals surface area contributed by atoms with E-state index in [9.17, 15) is 13.6 Å². The molecule has 0 aliphatic carbocycles. The molecule has 0 saturated carbocycles. The largest absolute Gasteiger partial charge is 0.350 e. The minimum Gasteiger partial charge on any atom is -0.350 e. The Morgan fingerprint density at radius 3 is 2.35 bits per heavy atom. The second-order valence-corrected chi connectivity index (χ2v) is 5.79. The fourth-order valence-corrected chi connectivity index (χ4v) is 2.22. The summed E-state index contributed by atoms with van der Waals surface area (Å²) in [5.74, 6) is -2.20. The van der Waals surface area contributed by atoms with E-state index in [-0.39, 0.29) is 11.3 Å². The van der Waals surface area contributed by atoms with Crippen molar-refractivity contribution in [2.45, 2.75) is 6.54 Å². The molecule has 0 bridgehead atoms. The van der Waals surface area contributed by atoms with Crippen LogP contribution in [0.1, 0.15) is 15.9 Å². The molecule has 3 rings (SSSR count). The molecule has 0 unspecified atom stereocenters. The van der Waals surface area contributed by atoms with Gasteiger partial charge >= 0.3 is 0 Å². The average Bonchev–Trinajstić information content (AvgIpc) is 2.65. The van der Waals surface area contributed by atoms with E-state index < -0.39 is 17.5 Å². The van der Waals surface area contributed by atoms with E-state index >= 15 is 0 Å². The van der Waals surface area contributed by atoms with E-state index in [0.29, 0.717) is 17.5 Å². The Hall–Kier alpha value is -3.06. The highest BCUT2D eigenvalue weighted by Gasteiger charge is 2.10. The average molecular weight is 375 g/mol. The van der Waals surface area contributed by atoms with Crippen molar-refractivity contribution in [3.63, 3.8) is 0 Å². The zero-order valence-electron chi connectivity index (χ0n) is 13.3. The summed E-state index contributed by atoms with van der Waals surface area (Å²) in [6, 6.07) is 10.4. The van der Waals surface area contributed by atoms with Gasteiger partial charge in [-0.25, -0.2) is 18.7 Å². The Balaban J connectivity index is 1.60.